The van der Waals surface area contributed by atoms with Crippen LogP contribution in [-0.2, 0) is 59.9 Å². The molecular weight excluding hydrogens is 1000 g/mol. The summed E-state index contributed by atoms with van der Waals surface area (Å²) in [5, 5.41) is 21.2. The van der Waals surface area contributed by atoms with E-state index in [9.17, 15) is 33.9 Å². The van der Waals surface area contributed by atoms with Crippen LogP contribution in [0.5, 0.6) is 0 Å². The zero-order valence-electron chi connectivity index (χ0n) is 44.0. The van der Waals surface area contributed by atoms with Gasteiger partial charge in [-0.3, -0.25) is 44.3 Å². The Hall–Kier alpha value is -6.82. The van der Waals surface area contributed by atoms with Gasteiger partial charge in [0.1, 0.15) is 24.6 Å². The fourth-order valence-electron chi connectivity index (χ4n) is 13.1. The van der Waals surface area contributed by atoms with Gasteiger partial charge in [0.2, 0.25) is 23.6 Å². The minimum absolute atomic E-state index is 0.0446. The molecule has 0 saturated carbocycles. The smallest absolute Gasteiger partial charge is 0.264 e. The lowest BCUT2D eigenvalue weighted by atomic mass is 9.91. The molecule has 0 spiro atoms. The normalized spacial score (nSPS) is 23.8. The van der Waals surface area contributed by atoms with E-state index in [0.29, 0.717) is 84.5 Å². The fraction of sp³-hybridized carbons (Fsp3) is 0.474. The van der Waals surface area contributed by atoms with Crippen molar-refractivity contribution in [3.63, 3.8) is 0 Å². The predicted octanol–water partition coefficient (Wildman–Crippen LogP) is 4.04. The van der Waals surface area contributed by atoms with Crippen LogP contribution >= 0.6 is 0 Å². The number of para-hydroxylation sites is 2. The highest BCUT2D eigenvalue weighted by Crippen LogP contribution is 2.55. The number of methoxy groups -OCH3 is 1. The van der Waals surface area contributed by atoms with Crippen LogP contribution in [0.25, 0.3) is 43.6 Å². The van der Waals surface area contributed by atoms with Crippen molar-refractivity contribution in [2.75, 3.05) is 98.1 Å². The maximum atomic E-state index is 14.1. The number of carbonyl (C=O) groups excluding carboxylic acids is 6. The van der Waals surface area contributed by atoms with Gasteiger partial charge in [-0.15, -0.1) is 0 Å². The molecule has 8 heterocycles. The van der Waals surface area contributed by atoms with E-state index in [0.717, 1.165) is 59.6 Å². The molecule has 4 aromatic carbocycles. The van der Waals surface area contributed by atoms with E-state index in [1.165, 1.54) is 0 Å². The number of imide groups is 2. The quantitative estimate of drug-likeness (QED) is 0.0769. The number of carbonyl (C=O) groups is 6. The summed E-state index contributed by atoms with van der Waals surface area (Å²) >= 11 is 0. The number of anilines is 1. The third-order valence-corrected chi connectivity index (χ3v) is 16.7. The number of rotatable bonds is 19. The second kappa shape index (κ2) is 21.1. The van der Waals surface area contributed by atoms with Crippen LogP contribution in [-0.4, -0.2) is 176 Å². The lowest BCUT2D eigenvalue weighted by Gasteiger charge is -2.50. The van der Waals surface area contributed by atoms with Crippen molar-refractivity contribution < 1.29 is 62.3 Å². The van der Waals surface area contributed by atoms with Crippen molar-refractivity contribution in [3.8, 4) is 0 Å². The number of nitrogens with one attached hydrogen (secondary N) is 2. The summed E-state index contributed by atoms with van der Waals surface area (Å²) in [5.41, 5.74) is 6.01. The molecule has 410 valence electrons. The van der Waals surface area contributed by atoms with Crippen LogP contribution in [0.2, 0.25) is 0 Å². The SMILES string of the molecule is CO[C@@H]1[C@H](N(C)C(=O)CCOCCOCCOCCOCCC(=O)N2CCN(c3cccc4c3C(=O)N(C3CCC(=O)NC3=O)C4=O)CC2)C[C@H]2O[C@]1(C)n1c3ccccc3c3c4c(c5c6ccccc6n2c5c31)C(O)NC4. The number of piperazine rings is 1. The summed E-state index contributed by atoms with van der Waals surface area (Å²) in [6.07, 6.45) is -0.853. The molecule has 3 fully saturated rings. The maximum Gasteiger partial charge on any atom is 0.264 e. The van der Waals surface area contributed by atoms with Gasteiger partial charge in [0.05, 0.1) is 111 Å². The van der Waals surface area contributed by atoms with E-state index in [4.69, 9.17) is 28.4 Å². The van der Waals surface area contributed by atoms with Gasteiger partial charge >= 0.3 is 0 Å². The lowest BCUT2D eigenvalue weighted by Crippen LogP contribution is -2.61. The van der Waals surface area contributed by atoms with E-state index in [1.807, 2.05) is 36.2 Å². The van der Waals surface area contributed by atoms with E-state index >= 15 is 0 Å². The average molecular weight is 1070 g/mol. The fourth-order valence-corrected chi connectivity index (χ4v) is 13.1. The number of hydrogen-bond acceptors (Lipinski definition) is 15. The first-order valence-corrected chi connectivity index (χ1v) is 27.0. The first kappa shape index (κ1) is 51.9. The van der Waals surface area contributed by atoms with Gasteiger partial charge in [-0.2, -0.15) is 0 Å². The Labute approximate surface area is 449 Å². The van der Waals surface area contributed by atoms with E-state index in [-0.39, 0.29) is 67.9 Å². The number of fused-ring (bicyclic) bond motifs is 14. The molecule has 6 amide bonds. The van der Waals surface area contributed by atoms with E-state index < -0.39 is 54.0 Å². The molecule has 21 nitrogen and oxygen atoms in total. The topological polar surface area (TPSA) is 225 Å². The number of aromatic nitrogens is 2. The third-order valence-electron chi connectivity index (χ3n) is 16.7. The molecule has 6 aliphatic rings. The van der Waals surface area contributed by atoms with Gasteiger partial charge in [0.25, 0.3) is 11.8 Å². The van der Waals surface area contributed by atoms with Crippen molar-refractivity contribution in [1.82, 2.24) is 34.5 Å². The highest BCUT2D eigenvalue weighted by molar-refractivity contribution is 6.27. The van der Waals surface area contributed by atoms with Gasteiger partial charge in [0, 0.05) is 86.8 Å². The molecule has 3 saturated heterocycles. The summed E-state index contributed by atoms with van der Waals surface area (Å²) in [6, 6.07) is 20.3. The maximum absolute atomic E-state index is 14.1. The van der Waals surface area contributed by atoms with Crippen LogP contribution in [0, 0.1) is 0 Å². The van der Waals surface area contributed by atoms with Gasteiger partial charge in [-0.05, 0) is 43.2 Å². The van der Waals surface area contributed by atoms with Crippen molar-refractivity contribution >= 4 is 84.7 Å². The summed E-state index contributed by atoms with van der Waals surface area (Å²) in [5.74, 6) is -2.32. The number of benzene rings is 4. The Bertz CT molecular complexity index is 3400. The number of hydrogen-bond donors (Lipinski definition) is 3. The molecule has 2 bridgehead atoms. The third kappa shape index (κ3) is 8.62. The molecule has 6 aliphatic heterocycles. The summed E-state index contributed by atoms with van der Waals surface area (Å²) in [7, 11) is 3.53. The second-order valence-corrected chi connectivity index (χ2v) is 20.9. The zero-order chi connectivity index (χ0) is 54.0. The Morgan fingerprint density at radius 3 is 2.13 bits per heavy atom. The number of amides is 6. The predicted molar refractivity (Wildman–Crippen MR) is 284 cm³/mol. The number of aliphatic hydroxyl groups excluding tert-OH is 1. The highest BCUT2D eigenvalue weighted by atomic mass is 16.6. The number of nitrogens with zero attached hydrogens (tertiary/aromatic N) is 6. The van der Waals surface area contributed by atoms with Crippen LogP contribution in [0.4, 0.5) is 5.69 Å². The first-order valence-electron chi connectivity index (χ1n) is 27.0. The molecule has 6 atom stereocenters. The van der Waals surface area contributed by atoms with Crippen molar-refractivity contribution in [1.29, 1.82) is 0 Å². The molecule has 12 rings (SSSR count). The van der Waals surface area contributed by atoms with Gasteiger partial charge in [0.15, 0.2) is 5.72 Å². The Kier molecular flexibility index (Phi) is 14.0. The van der Waals surface area contributed by atoms with E-state index in [2.05, 4.69) is 51.0 Å². The Morgan fingerprint density at radius 2 is 1.44 bits per heavy atom. The van der Waals surface area contributed by atoms with Crippen molar-refractivity contribution in [2.24, 2.45) is 0 Å². The molecule has 3 N–H and O–H groups in total. The zero-order valence-corrected chi connectivity index (χ0v) is 44.0. The molecule has 0 radical (unpaired) electrons. The second-order valence-electron chi connectivity index (χ2n) is 20.9. The summed E-state index contributed by atoms with van der Waals surface area (Å²) in [4.78, 5) is 84.7. The van der Waals surface area contributed by atoms with Gasteiger partial charge in [-0.1, -0.05) is 42.5 Å². The number of aliphatic hydroxyl groups is 1. The minimum Gasteiger partial charge on any atom is -0.379 e. The molecule has 78 heavy (non-hydrogen) atoms. The number of likely N-dealkylation sites (N-methyl/N-ethyl adjacent to an activating group) is 1. The first-order chi connectivity index (χ1) is 37.9. The molecule has 2 aromatic heterocycles. The van der Waals surface area contributed by atoms with Crippen LogP contribution in [0.1, 0.15) is 83.3 Å². The van der Waals surface area contributed by atoms with Crippen molar-refractivity contribution in [3.05, 3.63) is 89.0 Å². The summed E-state index contributed by atoms with van der Waals surface area (Å²) in [6.45, 7) is 6.78. The molecular formula is C57H64N8O13. The molecule has 21 heteroatoms. The molecule has 0 aliphatic carbocycles. The average Bonchev–Trinajstić information content (AvgIpc) is 2.75. The molecule has 6 aromatic rings. The number of piperidine rings is 1. The standard InChI is InChI=1S/C57H64N8O13/c1-57-52(73-3)41(31-45(78-57)63-37-12-6-4-9-33(37)48-49-36(32-58-54(49)70)46-34-10-5-7-13-38(34)65(57)51(46)50(48)63)60(2)43(67)17-23-74-25-27-76-29-30-77-28-26-75-24-18-44(68)62-21-19-61(20-22-62)39-14-8-11-35-47(39)56(72)64(55(35)71)40-15-16-42(66)59-53(40)69/h4-14,40-41,45,52,54,58,70H,15-32H2,1-3H3,(H,59,66,69)/t40?,41-,45-,52-,54?,57+/m1/s1. The van der Waals surface area contributed by atoms with Gasteiger partial charge < -0.3 is 57.4 Å². The molecule has 2 unspecified atom stereocenters. The summed E-state index contributed by atoms with van der Waals surface area (Å²) < 4.78 is 41.2. The van der Waals surface area contributed by atoms with Crippen molar-refractivity contribution in [2.45, 2.75) is 81.9 Å². The van der Waals surface area contributed by atoms with Gasteiger partial charge in [-0.25, -0.2) is 0 Å². The largest absolute Gasteiger partial charge is 0.379 e. The Balaban J connectivity index is 0.565. The lowest BCUT2D eigenvalue weighted by molar-refractivity contribution is -0.266. The van der Waals surface area contributed by atoms with Crippen LogP contribution in [0.3, 0.4) is 0 Å². The van der Waals surface area contributed by atoms with Crippen LogP contribution in [0.15, 0.2) is 66.7 Å². The monoisotopic (exact) mass is 1070 g/mol. The van der Waals surface area contributed by atoms with E-state index in [1.54, 1.807) is 35.1 Å². The highest BCUT2D eigenvalue weighted by Gasteiger charge is 2.55. The number of ether oxygens (including phenoxy) is 6. The Morgan fingerprint density at radius 1 is 0.782 bits per heavy atom. The van der Waals surface area contributed by atoms with Crippen LogP contribution < -0.4 is 15.5 Å². The minimum atomic E-state index is -1.04.